The van der Waals surface area contributed by atoms with Gasteiger partial charge in [-0.1, -0.05) is 12.6 Å². The summed E-state index contributed by atoms with van der Waals surface area (Å²) in [5.74, 6) is 0.602. The van der Waals surface area contributed by atoms with Crippen molar-refractivity contribution in [3.63, 3.8) is 0 Å². The van der Waals surface area contributed by atoms with E-state index in [0.29, 0.717) is 12.5 Å². The van der Waals surface area contributed by atoms with E-state index in [9.17, 15) is 0 Å². The molecule has 68 valence electrons. The lowest BCUT2D eigenvalue weighted by Crippen LogP contribution is -2.08. The van der Waals surface area contributed by atoms with Crippen LogP contribution in [0.2, 0.25) is 0 Å². The van der Waals surface area contributed by atoms with Crippen LogP contribution in [0.4, 0.5) is 0 Å². The van der Waals surface area contributed by atoms with Gasteiger partial charge in [0.25, 0.3) is 0 Å². The molecule has 3 nitrogen and oxygen atoms in total. The molecule has 0 unspecified atom stereocenters. The summed E-state index contributed by atoms with van der Waals surface area (Å²) in [4.78, 5) is 7.98. The minimum Gasteiger partial charge on any atom is -0.471 e. The first kappa shape index (κ1) is 9.45. The van der Waals surface area contributed by atoms with Crippen LogP contribution in [0.25, 0.3) is 0 Å². The molecule has 1 aromatic heterocycles. The predicted molar refractivity (Wildman–Crippen MR) is 53.3 cm³/mol. The normalized spacial score (nSPS) is 11.0. The maximum absolute atomic E-state index is 5.34. The number of pyridine rings is 1. The van der Waals surface area contributed by atoms with Crippen LogP contribution in [-0.4, -0.2) is 24.4 Å². The van der Waals surface area contributed by atoms with Gasteiger partial charge >= 0.3 is 0 Å². The number of aromatic nitrogens is 1. The summed E-state index contributed by atoms with van der Waals surface area (Å²) >= 11 is 0. The Hall–Kier alpha value is -1.64. The largest absolute Gasteiger partial charge is 0.471 e. The molecule has 0 aliphatic carbocycles. The van der Waals surface area contributed by atoms with Crippen molar-refractivity contribution in [1.29, 1.82) is 0 Å². The van der Waals surface area contributed by atoms with Gasteiger partial charge in [0.2, 0.25) is 5.88 Å². The molecule has 1 heterocycles. The molecule has 0 amide bonds. The van der Waals surface area contributed by atoms with Gasteiger partial charge in [-0.25, -0.2) is 4.98 Å². The standard InChI is InChI=1S/C10H12N2O/c1-3-9(11-2)8-13-10-6-4-5-7-12-10/h3-7H,1,8H2,2H3. The fourth-order valence-corrected chi connectivity index (χ4v) is 0.795. The summed E-state index contributed by atoms with van der Waals surface area (Å²) < 4.78 is 5.34. The summed E-state index contributed by atoms with van der Waals surface area (Å²) in [6.07, 6.45) is 3.36. The topological polar surface area (TPSA) is 34.5 Å². The van der Waals surface area contributed by atoms with Gasteiger partial charge in [0, 0.05) is 19.3 Å². The average Bonchev–Trinajstić information content (AvgIpc) is 2.21. The molecule has 0 spiro atoms. The smallest absolute Gasteiger partial charge is 0.213 e. The van der Waals surface area contributed by atoms with Crippen LogP contribution in [0.3, 0.4) is 0 Å². The van der Waals surface area contributed by atoms with E-state index in [-0.39, 0.29) is 0 Å². The molecule has 0 bridgehead atoms. The van der Waals surface area contributed by atoms with Gasteiger partial charge < -0.3 is 4.74 Å². The molecular formula is C10H12N2O. The molecule has 0 saturated heterocycles. The van der Waals surface area contributed by atoms with Crippen molar-refractivity contribution in [2.75, 3.05) is 13.7 Å². The Morgan fingerprint density at radius 2 is 2.54 bits per heavy atom. The van der Waals surface area contributed by atoms with E-state index in [1.165, 1.54) is 0 Å². The van der Waals surface area contributed by atoms with E-state index < -0.39 is 0 Å². The van der Waals surface area contributed by atoms with Crippen molar-refractivity contribution < 1.29 is 4.74 Å². The lowest BCUT2D eigenvalue weighted by molar-refractivity contribution is 0.362. The Morgan fingerprint density at radius 3 is 3.08 bits per heavy atom. The highest BCUT2D eigenvalue weighted by Gasteiger charge is 1.95. The van der Waals surface area contributed by atoms with Crippen molar-refractivity contribution >= 4 is 5.71 Å². The molecule has 0 aliphatic rings. The second-order valence-electron chi connectivity index (χ2n) is 2.38. The third kappa shape index (κ3) is 3.07. The Labute approximate surface area is 77.8 Å². The Kier molecular flexibility index (Phi) is 3.70. The Balaban J connectivity index is 2.48. The highest BCUT2D eigenvalue weighted by Crippen LogP contribution is 2.02. The fraction of sp³-hybridized carbons (Fsp3) is 0.200. The predicted octanol–water partition coefficient (Wildman–Crippen LogP) is 1.72. The Morgan fingerprint density at radius 1 is 1.69 bits per heavy atom. The number of hydrogen-bond acceptors (Lipinski definition) is 3. The zero-order valence-electron chi connectivity index (χ0n) is 7.60. The van der Waals surface area contributed by atoms with Gasteiger partial charge in [-0.2, -0.15) is 0 Å². The van der Waals surface area contributed by atoms with Crippen LogP contribution in [0.5, 0.6) is 5.88 Å². The van der Waals surface area contributed by atoms with E-state index in [0.717, 1.165) is 5.71 Å². The number of aliphatic imine (C=N–C) groups is 1. The van der Waals surface area contributed by atoms with Gasteiger partial charge in [0.15, 0.2) is 0 Å². The molecule has 0 radical (unpaired) electrons. The SMILES string of the molecule is C=CC(COc1ccccn1)=NC. The van der Waals surface area contributed by atoms with Gasteiger partial charge in [0.1, 0.15) is 6.61 Å². The second-order valence-corrected chi connectivity index (χ2v) is 2.38. The third-order valence-corrected chi connectivity index (χ3v) is 1.53. The first-order chi connectivity index (χ1) is 6.36. The zero-order chi connectivity index (χ0) is 9.52. The van der Waals surface area contributed by atoms with Crippen LogP contribution >= 0.6 is 0 Å². The Bertz CT molecular complexity index is 293. The quantitative estimate of drug-likeness (QED) is 0.654. The highest BCUT2D eigenvalue weighted by atomic mass is 16.5. The molecular weight excluding hydrogens is 164 g/mol. The molecule has 0 N–H and O–H groups in total. The van der Waals surface area contributed by atoms with Crippen molar-refractivity contribution in [1.82, 2.24) is 4.98 Å². The molecule has 0 atom stereocenters. The lowest BCUT2D eigenvalue weighted by atomic mass is 10.4. The van der Waals surface area contributed by atoms with Crippen LogP contribution in [0.15, 0.2) is 42.0 Å². The number of ether oxygens (including phenoxy) is 1. The first-order valence-electron chi connectivity index (χ1n) is 3.98. The number of nitrogens with zero attached hydrogens (tertiary/aromatic N) is 2. The van der Waals surface area contributed by atoms with Crippen LogP contribution in [-0.2, 0) is 0 Å². The molecule has 1 aromatic rings. The van der Waals surface area contributed by atoms with Gasteiger partial charge in [0.05, 0.1) is 5.71 Å². The summed E-state index contributed by atoms with van der Waals surface area (Å²) in [6.45, 7) is 4.03. The zero-order valence-corrected chi connectivity index (χ0v) is 7.60. The maximum atomic E-state index is 5.34. The van der Waals surface area contributed by atoms with E-state index in [4.69, 9.17) is 4.74 Å². The summed E-state index contributed by atoms with van der Waals surface area (Å²) in [7, 11) is 1.71. The van der Waals surface area contributed by atoms with Crippen molar-refractivity contribution in [2.24, 2.45) is 4.99 Å². The lowest BCUT2D eigenvalue weighted by Gasteiger charge is -2.03. The minimum absolute atomic E-state index is 0.414. The van der Waals surface area contributed by atoms with Crippen molar-refractivity contribution in [3.8, 4) is 5.88 Å². The van der Waals surface area contributed by atoms with E-state index >= 15 is 0 Å². The van der Waals surface area contributed by atoms with E-state index in [2.05, 4.69) is 16.6 Å². The van der Waals surface area contributed by atoms with Crippen LogP contribution in [0.1, 0.15) is 0 Å². The maximum Gasteiger partial charge on any atom is 0.213 e. The number of rotatable bonds is 4. The van der Waals surface area contributed by atoms with E-state index in [1.807, 2.05) is 12.1 Å². The van der Waals surface area contributed by atoms with Crippen molar-refractivity contribution in [3.05, 3.63) is 37.1 Å². The highest BCUT2D eigenvalue weighted by molar-refractivity contribution is 5.95. The van der Waals surface area contributed by atoms with Gasteiger partial charge in [-0.15, -0.1) is 0 Å². The van der Waals surface area contributed by atoms with Gasteiger partial charge in [-0.3, -0.25) is 4.99 Å². The molecule has 3 heteroatoms. The van der Waals surface area contributed by atoms with Gasteiger partial charge in [-0.05, 0) is 12.1 Å². The molecule has 0 aromatic carbocycles. The second kappa shape index (κ2) is 5.09. The summed E-state index contributed by atoms with van der Waals surface area (Å²) in [5.41, 5.74) is 0.811. The van der Waals surface area contributed by atoms with Crippen LogP contribution in [0, 0.1) is 0 Å². The molecule has 0 fully saturated rings. The average molecular weight is 176 g/mol. The summed E-state index contributed by atoms with van der Waals surface area (Å²) in [5, 5.41) is 0. The fourth-order valence-electron chi connectivity index (χ4n) is 0.795. The monoisotopic (exact) mass is 176 g/mol. The summed E-state index contributed by atoms with van der Waals surface area (Å²) in [6, 6.07) is 5.52. The third-order valence-electron chi connectivity index (χ3n) is 1.53. The molecule has 0 saturated carbocycles. The molecule has 0 aliphatic heterocycles. The number of hydrogen-bond donors (Lipinski definition) is 0. The minimum atomic E-state index is 0.414. The van der Waals surface area contributed by atoms with E-state index in [1.54, 1.807) is 25.4 Å². The molecule has 1 rings (SSSR count). The first-order valence-corrected chi connectivity index (χ1v) is 3.98. The van der Waals surface area contributed by atoms with Crippen molar-refractivity contribution in [2.45, 2.75) is 0 Å². The van der Waals surface area contributed by atoms with Crippen LogP contribution < -0.4 is 4.74 Å². The molecule has 13 heavy (non-hydrogen) atoms.